The van der Waals surface area contributed by atoms with Gasteiger partial charge in [0.25, 0.3) is 5.91 Å². The van der Waals surface area contributed by atoms with Gasteiger partial charge in [-0.3, -0.25) is 19.2 Å². The SMILES string of the molecule is C/C=C1/C(=C/c2[nH]c(Cc3[nH]c(/C=C4\NC(=O)C(CC)=C4C)c(C)c3CCC(=O)O)c(CCC(=O)O)c2C)NC(=O)C1C. The fourth-order valence-electron chi connectivity index (χ4n) is 6.04. The first kappa shape index (κ1) is 31.3. The number of H-pyrrole nitrogens is 2. The van der Waals surface area contributed by atoms with Crippen LogP contribution in [0.25, 0.3) is 12.2 Å². The van der Waals surface area contributed by atoms with Crippen LogP contribution in [0, 0.1) is 19.8 Å². The van der Waals surface area contributed by atoms with Crippen molar-refractivity contribution in [3.05, 3.63) is 79.2 Å². The normalized spacial score (nSPS) is 19.7. The van der Waals surface area contributed by atoms with Gasteiger partial charge in [0, 0.05) is 59.0 Å². The lowest BCUT2D eigenvalue weighted by Gasteiger charge is -2.07. The summed E-state index contributed by atoms with van der Waals surface area (Å²) in [4.78, 5) is 54.8. The Hall–Kier alpha value is -4.60. The van der Waals surface area contributed by atoms with Crippen LogP contribution in [0.5, 0.6) is 0 Å². The number of rotatable bonds is 11. The molecule has 6 N–H and O–H groups in total. The first-order valence-electron chi connectivity index (χ1n) is 14.6. The number of aliphatic carboxylic acids is 2. The average Bonchev–Trinajstić information content (AvgIpc) is 3.59. The van der Waals surface area contributed by atoms with Crippen molar-refractivity contribution in [2.24, 2.45) is 5.92 Å². The van der Waals surface area contributed by atoms with Crippen molar-refractivity contribution in [1.29, 1.82) is 0 Å². The summed E-state index contributed by atoms with van der Waals surface area (Å²) in [5.74, 6) is -2.25. The molecule has 4 rings (SSSR count). The van der Waals surface area contributed by atoms with E-state index in [0.29, 0.717) is 37.1 Å². The fourth-order valence-corrected chi connectivity index (χ4v) is 6.04. The van der Waals surface area contributed by atoms with Gasteiger partial charge in [0.05, 0.1) is 5.92 Å². The summed E-state index contributed by atoms with van der Waals surface area (Å²) in [6.07, 6.45) is 7.24. The molecule has 10 nitrogen and oxygen atoms in total. The Balaban J connectivity index is 1.79. The van der Waals surface area contributed by atoms with Crippen molar-refractivity contribution in [3.8, 4) is 0 Å². The van der Waals surface area contributed by atoms with Crippen LogP contribution in [0.2, 0.25) is 0 Å². The summed E-state index contributed by atoms with van der Waals surface area (Å²) in [5, 5.41) is 24.8. The van der Waals surface area contributed by atoms with E-state index in [2.05, 4.69) is 20.6 Å². The third kappa shape index (κ3) is 6.43. The van der Waals surface area contributed by atoms with Crippen molar-refractivity contribution >= 4 is 35.9 Å². The zero-order chi connectivity index (χ0) is 31.6. The van der Waals surface area contributed by atoms with Crippen molar-refractivity contribution in [2.75, 3.05) is 0 Å². The molecule has 2 amide bonds. The second kappa shape index (κ2) is 12.7. The Morgan fingerprint density at radius 3 is 1.79 bits per heavy atom. The lowest BCUT2D eigenvalue weighted by molar-refractivity contribution is -0.138. The van der Waals surface area contributed by atoms with Gasteiger partial charge in [0.2, 0.25) is 5.91 Å². The standard InChI is InChI=1S/C33H40N4O6/c1-7-20-19(6)32(42)37-27(20)14-25-18(5)23(10-12-31(40)41)29(35-25)15-28-22(9-11-30(38)39)17(4)24(34-28)13-26-16(3)21(8-2)33(43)36-26/h7,13-14,19,34-35H,8-12,15H2,1-6H3,(H,36,43)(H,37,42)(H,38,39)(H,40,41)/b20-7+,26-13-,27-14-. The molecule has 43 heavy (non-hydrogen) atoms. The van der Waals surface area contributed by atoms with Crippen LogP contribution in [0.3, 0.4) is 0 Å². The Kier molecular flexibility index (Phi) is 9.27. The molecule has 1 atom stereocenters. The molecule has 0 radical (unpaired) electrons. The maximum atomic E-state index is 12.4. The van der Waals surface area contributed by atoms with Gasteiger partial charge >= 0.3 is 11.9 Å². The highest BCUT2D eigenvalue weighted by Crippen LogP contribution is 2.32. The number of aromatic nitrogens is 2. The van der Waals surface area contributed by atoms with E-state index < -0.39 is 11.9 Å². The molecule has 10 heteroatoms. The van der Waals surface area contributed by atoms with E-state index in [9.17, 15) is 29.4 Å². The van der Waals surface area contributed by atoms with Gasteiger partial charge in [-0.2, -0.15) is 0 Å². The number of carboxylic acids is 2. The number of carbonyl (C=O) groups is 4. The molecular weight excluding hydrogens is 548 g/mol. The van der Waals surface area contributed by atoms with E-state index in [4.69, 9.17) is 0 Å². The molecule has 228 valence electrons. The molecule has 2 aliphatic rings. The largest absolute Gasteiger partial charge is 0.481 e. The van der Waals surface area contributed by atoms with E-state index in [-0.39, 0.29) is 30.6 Å². The third-order valence-corrected chi connectivity index (χ3v) is 8.59. The molecule has 1 fully saturated rings. The number of amides is 2. The maximum Gasteiger partial charge on any atom is 0.303 e. The molecule has 2 aromatic rings. The maximum absolute atomic E-state index is 12.4. The molecule has 2 aromatic heterocycles. The molecule has 0 bridgehead atoms. The van der Waals surface area contributed by atoms with E-state index in [1.807, 2.05) is 59.8 Å². The lowest BCUT2D eigenvalue weighted by Crippen LogP contribution is -2.16. The Morgan fingerprint density at radius 2 is 1.35 bits per heavy atom. The minimum atomic E-state index is -0.903. The average molecular weight is 589 g/mol. The molecule has 1 unspecified atom stereocenters. The molecule has 1 saturated heterocycles. The van der Waals surface area contributed by atoms with Gasteiger partial charge in [-0.15, -0.1) is 0 Å². The number of carbonyl (C=O) groups excluding carboxylic acids is 2. The third-order valence-electron chi connectivity index (χ3n) is 8.59. The van der Waals surface area contributed by atoms with Crippen LogP contribution in [0.1, 0.15) is 92.0 Å². The van der Waals surface area contributed by atoms with Crippen molar-refractivity contribution in [3.63, 3.8) is 0 Å². The van der Waals surface area contributed by atoms with Crippen LogP contribution < -0.4 is 10.6 Å². The quantitative estimate of drug-likeness (QED) is 0.220. The van der Waals surface area contributed by atoms with Crippen LogP contribution in [-0.4, -0.2) is 43.9 Å². The second-order valence-electron chi connectivity index (χ2n) is 11.2. The summed E-state index contributed by atoms with van der Waals surface area (Å²) >= 11 is 0. The number of aromatic amines is 2. The minimum absolute atomic E-state index is 0.0473. The highest BCUT2D eigenvalue weighted by atomic mass is 16.4. The minimum Gasteiger partial charge on any atom is -0.481 e. The van der Waals surface area contributed by atoms with Crippen LogP contribution >= 0.6 is 0 Å². The first-order chi connectivity index (χ1) is 20.4. The highest BCUT2D eigenvalue weighted by molar-refractivity contribution is 6.01. The van der Waals surface area contributed by atoms with Gasteiger partial charge in [0.15, 0.2) is 0 Å². The monoisotopic (exact) mass is 588 g/mol. The number of allylic oxidation sites excluding steroid dienone is 3. The highest BCUT2D eigenvalue weighted by Gasteiger charge is 2.29. The summed E-state index contributed by atoms with van der Waals surface area (Å²) in [5.41, 5.74) is 10.7. The summed E-state index contributed by atoms with van der Waals surface area (Å²) in [6, 6.07) is 0. The van der Waals surface area contributed by atoms with E-state index in [1.54, 1.807) is 0 Å². The Bertz CT molecular complexity index is 1630. The van der Waals surface area contributed by atoms with Crippen molar-refractivity contribution < 1.29 is 29.4 Å². The van der Waals surface area contributed by atoms with Crippen LogP contribution in [-0.2, 0) is 38.4 Å². The smallest absolute Gasteiger partial charge is 0.303 e. The Morgan fingerprint density at radius 1 is 0.837 bits per heavy atom. The summed E-state index contributed by atoms with van der Waals surface area (Å²) < 4.78 is 0. The van der Waals surface area contributed by atoms with Crippen LogP contribution in [0.4, 0.5) is 0 Å². The molecule has 2 aliphatic heterocycles. The number of hydrogen-bond acceptors (Lipinski definition) is 4. The molecule has 0 aliphatic carbocycles. The van der Waals surface area contributed by atoms with Gasteiger partial charge in [0.1, 0.15) is 0 Å². The fraction of sp³-hybridized carbons (Fsp3) is 0.394. The van der Waals surface area contributed by atoms with Crippen molar-refractivity contribution in [2.45, 2.75) is 80.1 Å². The summed E-state index contributed by atoms with van der Waals surface area (Å²) in [6.45, 7) is 11.5. The van der Waals surface area contributed by atoms with Gasteiger partial charge in [-0.25, -0.2) is 0 Å². The molecule has 0 spiro atoms. The number of hydrogen-bond donors (Lipinski definition) is 6. The molecule has 0 saturated carbocycles. The first-order valence-corrected chi connectivity index (χ1v) is 14.6. The molecule has 0 aromatic carbocycles. The summed E-state index contributed by atoms with van der Waals surface area (Å²) in [7, 11) is 0. The molecular formula is C33H40N4O6. The van der Waals surface area contributed by atoms with Gasteiger partial charge in [-0.05, 0) is 99.4 Å². The van der Waals surface area contributed by atoms with E-state index in [0.717, 1.165) is 61.7 Å². The van der Waals surface area contributed by atoms with E-state index in [1.165, 1.54) is 0 Å². The van der Waals surface area contributed by atoms with Crippen molar-refractivity contribution in [1.82, 2.24) is 20.6 Å². The Labute approximate surface area is 251 Å². The van der Waals surface area contributed by atoms with Crippen LogP contribution in [0.15, 0.2) is 34.2 Å². The zero-order valence-electron chi connectivity index (χ0n) is 25.6. The molecule has 4 heterocycles. The topological polar surface area (TPSA) is 164 Å². The number of carboxylic acid groups (broad SMARTS) is 2. The zero-order valence-corrected chi connectivity index (χ0v) is 25.6. The van der Waals surface area contributed by atoms with E-state index >= 15 is 0 Å². The second-order valence-corrected chi connectivity index (χ2v) is 11.2. The predicted molar refractivity (Wildman–Crippen MR) is 164 cm³/mol. The predicted octanol–water partition coefficient (Wildman–Crippen LogP) is 4.84. The lowest BCUT2D eigenvalue weighted by atomic mass is 9.98. The number of nitrogens with one attached hydrogen (secondary N) is 4. The van der Waals surface area contributed by atoms with Gasteiger partial charge < -0.3 is 30.8 Å². The van der Waals surface area contributed by atoms with Gasteiger partial charge in [-0.1, -0.05) is 13.0 Å².